The summed E-state index contributed by atoms with van der Waals surface area (Å²) in [6.07, 6.45) is 10.8. The number of methoxy groups -OCH3 is 3. The zero-order chi connectivity index (χ0) is 102. The van der Waals surface area contributed by atoms with Crippen molar-refractivity contribution in [3.63, 3.8) is 0 Å². The molecule has 746 valence electrons. The van der Waals surface area contributed by atoms with Crippen molar-refractivity contribution in [2.24, 2.45) is 5.73 Å². The van der Waals surface area contributed by atoms with E-state index in [1.165, 1.54) is 77.5 Å². The number of hydrogen-bond donors (Lipinski definition) is 4. The topological polar surface area (TPSA) is 318 Å². The van der Waals surface area contributed by atoms with Crippen LogP contribution >= 0.6 is 125 Å². The number of amides is 4. The molecule has 0 aliphatic heterocycles. The number of carboxylic acids is 1. The molecule has 5 N–H and O–H groups in total. The molecule has 0 radical (unpaired) electrons. The third-order valence-electron chi connectivity index (χ3n) is 18.2. The number of ether oxygens (including phenoxy) is 3. The minimum Gasteiger partial charge on any atom is -0.481 e. The zero-order valence-corrected chi connectivity index (χ0v) is 92.0. The third kappa shape index (κ3) is 59.0. The van der Waals surface area contributed by atoms with E-state index in [2.05, 4.69) is 60.6 Å². The van der Waals surface area contributed by atoms with Gasteiger partial charge in [-0.3, -0.25) is 47.9 Å². The normalized spacial score (nSPS) is 10.1. The number of aliphatic hydroxyl groups excluding tert-OH is 2. The molecular weight excluding hydrogens is 1920 g/mol. The summed E-state index contributed by atoms with van der Waals surface area (Å²) >= 11 is 17.9. The molecule has 0 aromatic carbocycles. The van der Waals surface area contributed by atoms with Gasteiger partial charge in [-0.2, -0.15) is 0 Å². The van der Waals surface area contributed by atoms with Gasteiger partial charge in [0.1, 0.15) is 13.5 Å². The number of ketones is 5. The Hall–Kier alpha value is -8.21. The second-order valence-electron chi connectivity index (χ2n) is 31.3. The Balaban J connectivity index is 0.00000146. The molecule has 11 heterocycles. The highest BCUT2D eigenvalue weighted by Gasteiger charge is 2.18. The molecule has 11 rings (SSSR count). The van der Waals surface area contributed by atoms with Crippen LogP contribution in [-0.2, 0) is 36.6 Å². The number of rotatable bonds is 38. The van der Waals surface area contributed by atoms with Crippen LogP contribution in [0.15, 0.2) is 126 Å². The summed E-state index contributed by atoms with van der Waals surface area (Å²) in [6, 6.07) is 21.5. The molecule has 23 nitrogen and oxygen atoms in total. The summed E-state index contributed by atoms with van der Waals surface area (Å²) in [4.78, 5) is 143. The van der Waals surface area contributed by atoms with Gasteiger partial charge in [0.15, 0.2) is 28.9 Å². The van der Waals surface area contributed by atoms with E-state index in [0.29, 0.717) is 70.7 Å². The van der Waals surface area contributed by atoms with Crippen molar-refractivity contribution in [3.8, 4) is 0 Å². The maximum Gasteiger partial charge on any atom is 0.303 e. The Bertz CT molecular complexity index is 5070. The first-order valence-electron chi connectivity index (χ1n) is 43.8. The Morgan fingerprint density at radius 2 is 0.637 bits per heavy atom. The Labute approximate surface area is 846 Å². The monoisotopic (exact) mass is 2060 g/mol. The van der Waals surface area contributed by atoms with E-state index in [1.54, 1.807) is 171 Å². The average molecular weight is 2070 g/mol. The van der Waals surface area contributed by atoms with Gasteiger partial charge in [0.05, 0.1) is 42.1 Å². The number of aryl methyl sites for hydroxylation is 13. The van der Waals surface area contributed by atoms with Gasteiger partial charge in [-0.1, -0.05) is 13.8 Å². The van der Waals surface area contributed by atoms with Crippen molar-refractivity contribution in [2.45, 2.75) is 180 Å². The summed E-state index contributed by atoms with van der Waals surface area (Å²) in [5, 5.41) is 46.7. The predicted molar refractivity (Wildman–Crippen MR) is 572 cm³/mol. The van der Waals surface area contributed by atoms with Crippen LogP contribution in [0.1, 0.15) is 249 Å². The summed E-state index contributed by atoms with van der Waals surface area (Å²) in [5.41, 5.74) is 14.8. The fourth-order valence-corrected chi connectivity index (χ4v) is 18.9. The van der Waals surface area contributed by atoms with Gasteiger partial charge < -0.3 is 64.6 Å². The van der Waals surface area contributed by atoms with Crippen LogP contribution in [0.3, 0.4) is 0 Å². The van der Waals surface area contributed by atoms with E-state index in [4.69, 9.17) is 40.1 Å². The molecule has 0 bridgehead atoms. The van der Waals surface area contributed by atoms with E-state index in [9.17, 15) is 47.9 Å². The quantitative estimate of drug-likeness (QED) is 0.0159. The molecule has 11 aromatic rings. The fourth-order valence-electron chi connectivity index (χ4n) is 11.2. The fraction of sp³-hybridized carbons (Fsp3) is 0.455. The lowest BCUT2D eigenvalue weighted by Crippen LogP contribution is -2.36. The standard InChI is InChI=1S/C12H19NO3S.C11H17NOS.C11H19NS.C9H13NO2S.2C9H12O2S.C9H12OS.C8H11NOS.C8H10O2S.C8H10OS.C6H7NOS.CH2O/c1-10-8-11(9-17-10)12(14)13(4-6-15-2)5-7-16-3;1-9-7-10(8-14-9)11(13)5-4-6-12(2)3;1-10-8-11(9-13-10)6-4-5-7-12(2)3;1-7-4-8(5-13-7)9(11)10(2)6-12-3;1-7-5-8(6-12-7)9(11)3-2-4-10;1-7-5-8(6-12-7)3-2-4-9(10)11;1-3-4-9(10)8-5-7(2)11-6-8;1-6-4-7(5-11-6)8(10)9(2)3;1-6-4-7(5-11-6)8(10)2-3-9;1-3-8(9)7-4-6(2)10-5-7;1-4-2-5(3-9-4)6(7)8;1-2/h8-9H,4-7H2,1-3H3;7-8H,4-6H2,1-3H3;8-9H,4-7H2,1-3H3;4-5H,6H2,1-3H3;5-6,10H,2-4H2,1H3;5-6H,2-4H2,1H3,(H,10,11);5-6H,3-4H2,1-2H3;4-5H,1-3H3;4-5,9H,2-3H2,1H3;4-5H,3H2,1-2H3;2-3H,1H3,(H2,7,8);1H2. The summed E-state index contributed by atoms with van der Waals surface area (Å²) in [6.45, 7) is 32.9. The summed E-state index contributed by atoms with van der Waals surface area (Å²) in [5.74, 6) is 0.0213. The lowest BCUT2D eigenvalue weighted by Gasteiger charge is -2.21. The number of aliphatic hydroxyl groups is 2. The first-order chi connectivity index (χ1) is 64.0. The molecule has 0 saturated heterocycles. The average Bonchev–Trinajstić information content (AvgIpc) is 1.75. The van der Waals surface area contributed by atoms with Gasteiger partial charge >= 0.3 is 5.97 Å². The van der Waals surface area contributed by atoms with Crippen molar-refractivity contribution in [3.05, 3.63) is 241 Å². The number of carbonyl (C=O) groups is 11. The number of nitrogens with zero attached hydrogens (tertiary/aromatic N) is 5. The van der Waals surface area contributed by atoms with Crippen LogP contribution in [0.25, 0.3) is 0 Å². The molecule has 135 heavy (non-hydrogen) atoms. The lowest BCUT2D eigenvalue weighted by atomic mass is 10.1. The molecule has 0 aliphatic carbocycles. The van der Waals surface area contributed by atoms with Gasteiger partial charge in [-0.05, 0) is 257 Å². The van der Waals surface area contributed by atoms with Crippen LogP contribution in [0, 0.1) is 76.2 Å². The number of carbonyl (C=O) groups excluding carboxylic acids is 10. The number of Topliss-reactive ketones (excluding diaryl/α,β-unsaturated/α-hetero) is 5. The van der Waals surface area contributed by atoms with Crippen molar-refractivity contribution in [2.75, 3.05) is 130 Å². The van der Waals surface area contributed by atoms with Gasteiger partial charge in [-0.25, -0.2) is 0 Å². The number of thiophene rings is 11. The molecule has 0 spiro atoms. The molecule has 0 saturated carbocycles. The third-order valence-corrected chi connectivity index (χ3v) is 27.7. The molecule has 0 unspecified atom stereocenters. The number of primary amides is 1. The number of hydrogen-bond acceptors (Lipinski definition) is 29. The molecular formula is C101H144N6O17S11. The van der Waals surface area contributed by atoms with Gasteiger partial charge in [0.2, 0.25) is 5.91 Å². The van der Waals surface area contributed by atoms with Crippen LogP contribution in [-0.4, -0.2) is 235 Å². The van der Waals surface area contributed by atoms with Gasteiger partial charge in [-0.15, -0.1) is 125 Å². The minimum absolute atomic E-state index is 0.00574. The maximum atomic E-state index is 12.2. The Kier molecular flexibility index (Phi) is 70.3. The second-order valence-corrected chi connectivity index (χ2v) is 43.6. The van der Waals surface area contributed by atoms with E-state index >= 15 is 0 Å². The molecule has 4 amide bonds. The highest BCUT2D eigenvalue weighted by molar-refractivity contribution is 7.13. The number of carboxylic acid groups (broad SMARTS) is 1. The molecule has 0 fully saturated rings. The van der Waals surface area contributed by atoms with E-state index in [0.717, 1.165) is 101 Å². The van der Waals surface area contributed by atoms with Crippen LogP contribution in [0.4, 0.5) is 0 Å². The largest absolute Gasteiger partial charge is 0.481 e. The van der Waals surface area contributed by atoms with Gasteiger partial charge in [0, 0.05) is 231 Å². The SMILES string of the molecule is C=O.CCC(=O)c1csc(C)c1.CCCC(=O)c1csc(C)c1.COCCN(CCOC)C(=O)c1csc(C)c1.COCN(C)C(=O)c1csc(C)c1.Cc1cc(C(=O)CCCN(C)C)cs1.Cc1cc(C(=O)CCCO)cs1.Cc1cc(C(=O)CCO)cs1.Cc1cc(C(=O)N(C)C)cs1.Cc1cc(C(N)=O)cs1.Cc1cc(CCCC(=O)O)cs1.Cc1cc(CCCCN(C)C)cs1. The molecule has 11 aromatic heterocycles. The minimum atomic E-state index is -0.707. The van der Waals surface area contributed by atoms with Crippen molar-refractivity contribution < 1.29 is 82.3 Å². The Morgan fingerprint density at radius 3 is 0.919 bits per heavy atom. The van der Waals surface area contributed by atoms with Gasteiger partial charge in [0.25, 0.3) is 17.7 Å². The lowest BCUT2D eigenvalue weighted by molar-refractivity contribution is -0.137. The maximum absolute atomic E-state index is 12.2. The van der Waals surface area contributed by atoms with Crippen LogP contribution in [0.2, 0.25) is 0 Å². The molecule has 0 aliphatic rings. The zero-order valence-electron chi connectivity index (χ0n) is 83.0. The predicted octanol–water partition coefficient (Wildman–Crippen LogP) is 23.6. The Morgan fingerprint density at radius 1 is 0.333 bits per heavy atom. The van der Waals surface area contributed by atoms with E-state index in [1.807, 2.05) is 200 Å². The highest BCUT2D eigenvalue weighted by Crippen LogP contribution is 2.24. The summed E-state index contributed by atoms with van der Waals surface area (Å²) < 4.78 is 14.9. The molecule has 0 atom stereocenters. The number of nitrogens with two attached hydrogens (primary N) is 1. The second kappa shape index (κ2) is 74.8. The first kappa shape index (κ1) is 127. The highest BCUT2D eigenvalue weighted by atomic mass is 32.1. The van der Waals surface area contributed by atoms with Crippen molar-refractivity contribution in [1.29, 1.82) is 0 Å². The first-order valence-corrected chi connectivity index (χ1v) is 53.5. The van der Waals surface area contributed by atoms with Crippen molar-refractivity contribution >= 4 is 190 Å². The van der Waals surface area contributed by atoms with E-state index < -0.39 is 5.97 Å². The smallest absolute Gasteiger partial charge is 0.303 e. The number of aliphatic carboxylic acids is 1. The summed E-state index contributed by atoms with van der Waals surface area (Å²) in [7, 11) is 18.4. The number of unbranched alkanes of at least 4 members (excludes halogenated alkanes) is 1. The van der Waals surface area contributed by atoms with E-state index in [-0.39, 0.29) is 78.6 Å². The van der Waals surface area contributed by atoms with Crippen molar-refractivity contribution in [1.82, 2.24) is 24.5 Å². The molecule has 34 heteroatoms. The van der Waals surface area contributed by atoms with Crippen LogP contribution in [0.5, 0.6) is 0 Å². The van der Waals surface area contributed by atoms with Crippen LogP contribution < -0.4 is 5.73 Å².